The summed E-state index contributed by atoms with van der Waals surface area (Å²) in [6.07, 6.45) is 4.78. The van der Waals surface area contributed by atoms with E-state index in [1.165, 1.54) is 6.08 Å². The van der Waals surface area contributed by atoms with Gasteiger partial charge in [-0.25, -0.2) is 0 Å². The minimum absolute atomic E-state index is 0.0601. The number of carbonyl (C=O) groups is 3. The van der Waals surface area contributed by atoms with Crippen molar-refractivity contribution in [3.05, 3.63) is 35.9 Å². The van der Waals surface area contributed by atoms with E-state index in [1.807, 2.05) is 38.1 Å². The Labute approximate surface area is 153 Å². The molecule has 1 unspecified atom stereocenters. The number of nitrogens with zero attached hydrogens (tertiary/aromatic N) is 2. The first-order valence-corrected chi connectivity index (χ1v) is 9.14. The van der Waals surface area contributed by atoms with Crippen LogP contribution in [0.4, 0.5) is 5.69 Å². The Bertz CT molecular complexity index is 724. The molecule has 1 aromatic carbocycles. The molecule has 2 fully saturated rings. The molecule has 2 saturated heterocycles. The molecule has 2 heterocycles. The van der Waals surface area contributed by atoms with Gasteiger partial charge < -0.3 is 15.1 Å². The van der Waals surface area contributed by atoms with Crippen LogP contribution in [0.1, 0.15) is 32.3 Å². The molecule has 3 rings (SSSR count). The fourth-order valence-electron chi connectivity index (χ4n) is 3.54. The average Bonchev–Trinajstić information content (AvgIpc) is 3.05. The van der Waals surface area contributed by atoms with Crippen molar-refractivity contribution in [2.45, 2.75) is 32.7 Å². The lowest BCUT2D eigenvalue weighted by atomic mass is 9.99. The first-order chi connectivity index (χ1) is 12.5. The van der Waals surface area contributed by atoms with Crippen molar-refractivity contribution >= 4 is 29.5 Å². The Morgan fingerprint density at radius 2 is 1.92 bits per heavy atom. The van der Waals surface area contributed by atoms with Gasteiger partial charge in [0, 0.05) is 37.8 Å². The highest BCUT2D eigenvalue weighted by Gasteiger charge is 2.34. The predicted molar refractivity (Wildman–Crippen MR) is 100 cm³/mol. The van der Waals surface area contributed by atoms with Crippen molar-refractivity contribution in [3.8, 4) is 0 Å². The summed E-state index contributed by atoms with van der Waals surface area (Å²) in [5.41, 5.74) is 1.78. The molecule has 3 amide bonds. The van der Waals surface area contributed by atoms with Gasteiger partial charge in [-0.3, -0.25) is 14.4 Å². The Morgan fingerprint density at radius 3 is 2.54 bits per heavy atom. The zero-order chi connectivity index (χ0) is 18.7. The maximum Gasteiger partial charge on any atom is 0.247 e. The van der Waals surface area contributed by atoms with Gasteiger partial charge in [-0.1, -0.05) is 26.0 Å². The number of anilines is 1. The Hall–Kier alpha value is -2.63. The number of rotatable bonds is 4. The van der Waals surface area contributed by atoms with Crippen LogP contribution in [-0.2, 0) is 14.4 Å². The van der Waals surface area contributed by atoms with Crippen molar-refractivity contribution in [1.82, 2.24) is 10.2 Å². The summed E-state index contributed by atoms with van der Waals surface area (Å²) >= 11 is 0. The van der Waals surface area contributed by atoms with Crippen LogP contribution in [-0.4, -0.2) is 48.3 Å². The molecule has 0 saturated carbocycles. The summed E-state index contributed by atoms with van der Waals surface area (Å²) in [4.78, 5) is 39.8. The second-order valence-corrected chi connectivity index (χ2v) is 7.09. The smallest absolute Gasteiger partial charge is 0.247 e. The van der Waals surface area contributed by atoms with E-state index in [2.05, 4.69) is 5.32 Å². The van der Waals surface area contributed by atoms with Gasteiger partial charge in [0.2, 0.25) is 17.7 Å². The van der Waals surface area contributed by atoms with E-state index in [4.69, 9.17) is 0 Å². The monoisotopic (exact) mass is 355 g/mol. The van der Waals surface area contributed by atoms with Crippen molar-refractivity contribution in [2.24, 2.45) is 5.92 Å². The third-order valence-corrected chi connectivity index (χ3v) is 4.87. The molecule has 0 spiro atoms. The summed E-state index contributed by atoms with van der Waals surface area (Å²) in [5, 5.41) is 2.82. The summed E-state index contributed by atoms with van der Waals surface area (Å²) in [7, 11) is 0. The summed E-state index contributed by atoms with van der Waals surface area (Å²) in [6, 6.07) is 7.17. The minimum Gasteiger partial charge on any atom is -0.353 e. The number of carbonyl (C=O) groups excluding carboxylic acids is 3. The molecule has 0 bridgehead atoms. The molecule has 26 heavy (non-hydrogen) atoms. The third kappa shape index (κ3) is 3.79. The number of hydrogen-bond acceptors (Lipinski definition) is 3. The fraction of sp³-hybridized carbons (Fsp3) is 0.450. The molecule has 1 atom stereocenters. The van der Waals surface area contributed by atoms with Crippen LogP contribution in [0.15, 0.2) is 30.3 Å². The SMILES string of the molecule is CC(C)C1C(=O)NCCN1C(=O)/C=C/c1ccc(N2CCCC2=O)cc1. The quantitative estimate of drug-likeness (QED) is 0.838. The highest BCUT2D eigenvalue weighted by molar-refractivity contribution is 5.97. The molecule has 6 nitrogen and oxygen atoms in total. The first-order valence-electron chi connectivity index (χ1n) is 9.14. The van der Waals surface area contributed by atoms with Crippen LogP contribution < -0.4 is 10.2 Å². The lowest BCUT2D eigenvalue weighted by Crippen LogP contribution is -2.58. The largest absolute Gasteiger partial charge is 0.353 e. The lowest BCUT2D eigenvalue weighted by molar-refractivity contribution is -0.141. The van der Waals surface area contributed by atoms with Crippen LogP contribution in [0.3, 0.4) is 0 Å². The molecule has 0 aromatic heterocycles. The van der Waals surface area contributed by atoms with Crippen LogP contribution in [0.25, 0.3) is 6.08 Å². The molecule has 2 aliphatic heterocycles. The minimum atomic E-state index is -0.426. The van der Waals surface area contributed by atoms with E-state index in [9.17, 15) is 14.4 Å². The van der Waals surface area contributed by atoms with Gasteiger partial charge in [0.05, 0.1) is 0 Å². The van der Waals surface area contributed by atoms with Gasteiger partial charge >= 0.3 is 0 Å². The van der Waals surface area contributed by atoms with Gasteiger partial charge in [0.25, 0.3) is 0 Å². The highest BCUT2D eigenvalue weighted by atomic mass is 16.2. The number of amides is 3. The summed E-state index contributed by atoms with van der Waals surface area (Å²) in [6.45, 7) is 5.66. The van der Waals surface area contributed by atoms with Gasteiger partial charge in [-0.15, -0.1) is 0 Å². The summed E-state index contributed by atoms with van der Waals surface area (Å²) in [5.74, 6) is -0.0264. The standard InChI is InChI=1S/C20H25N3O3/c1-14(2)19-20(26)21-11-13-23(19)18(25)10-7-15-5-8-16(9-6-15)22-12-3-4-17(22)24/h5-10,14,19H,3-4,11-13H2,1-2H3,(H,21,26)/b10-7+. The molecule has 0 radical (unpaired) electrons. The van der Waals surface area contributed by atoms with Crippen LogP contribution >= 0.6 is 0 Å². The van der Waals surface area contributed by atoms with Crippen LogP contribution in [0.5, 0.6) is 0 Å². The highest BCUT2D eigenvalue weighted by Crippen LogP contribution is 2.22. The lowest BCUT2D eigenvalue weighted by Gasteiger charge is -2.36. The normalized spacial score (nSPS) is 21.0. The van der Waals surface area contributed by atoms with E-state index in [1.54, 1.807) is 15.9 Å². The van der Waals surface area contributed by atoms with Crippen molar-refractivity contribution in [3.63, 3.8) is 0 Å². The molecule has 2 aliphatic rings. The number of benzene rings is 1. The van der Waals surface area contributed by atoms with Crippen LogP contribution in [0.2, 0.25) is 0 Å². The van der Waals surface area contributed by atoms with E-state index in [0.717, 1.165) is 24.2 Å². The number of piperazine rings is 1. The molecule has 1 aromatic rings. The Kier molecular flexibility index (Phi) is 5.40. The molecule has 0 aliphatic carbocycles. The topological polar surface area (TPSA) is 69.7 Å². The number of hydrogen-bond donors (Lipinski definition) is 1. The van der Waals surface area contributed by atoms with Gasteiger partial charge in [0.15, 0.2) is 0 Å². The van der Waals surface area contributed by atoms with E-state index < -0.39 is 6.04 Å². The summed E-state index contributed by atoms with van der Waals surface area (Å²) < 4.78 is 0. The second kappa shape index (κ2) is 7.72. The Morgan fingerprint density at radius 1 is 1.19 bits per heavy atom. The maximum absolute atomic E-state index is 12.6. The Balaban J connectivity index is 1.67. The van der Waals surface area contributed by atoms with Gasteiger partial charge in [-0.05, 0) is 36.1 Å². The molecule has 6 heteroatoms. The van der Waals surface area contributed by atoms with E-state index >= 15 is 0 Å². The van der Waals surface area contributed by atoms with E-state index in [0.29, 0.717) is 19.5 Å². The van der Waals surface area contributed by atoms with E-state index in [-0.39, 0.29) is 23.6 Å². The molecular weight excluding hydrogens is 330 g/mol. The second-order valence-electron chi connectivity index (χ2n) is 7.09. The van der Waals surface area contributed by atoms with Crippen molar-refractivity contribution < 1.29 is 14.4 Å². The molecule has 138 valence electrons. The van der Waals surface area contributed by atoms with Crippen molar-refractivity contribution in [1.29, 1.82) is 0 Å². The zero-order valence-corrected chi connectivity index (χ0v) is 15.3. The fourth-order valence-corrected chi connectivity index (χ4v) is 3.54. The van der Waals surface area contributed by atoms with Crippen molar-refractivity contribution in [2.75, 3.05) is 24.5 Å². The number of nitrogens with one attached hydrogen (secondary N) is 1. The molecule has 1 N–H and O–H groups in total. The zero-order valence-electron chi connectivity index (χ0n) is 15.3. The average molecular weight is 355 g/mol. The van der Waals surface area contributed by atoms with Gasteiger partial charge in [0.1, 0.15) is 6.04 Å². The third-order valence-electron chi connectivity index (χ3n) is 4.87. The predicted octanol–water partition coefficient (Wildman–Crippen LogP) is 1.81. The first kappa shape index (κ1) is 18.2. The maximum atomic E-state index is 12.6. The molecular formula is C20H25N3O3. The van der Waals surface area contributed by atoms with Crippen LogP contribution in [0, 0.1) is 5.92 Å². The van der Waals surface area contributed by atoms with Gasteiger partial charge in [-0.2, -0.15) is 0 Å².